The zero-order valence-corrected chi connectivity index (χ0v) is 25.0. The molecule has 0 radical (unpaired) electrons. The van der Waals surface area contributed by atoms with E-state index in [4.69, 9.17) is 4.52 Å². The van der Waals surface area contributed by atoms with Crippen LogP contribution in [0.2, 0.25) is 0 Å². The molecule has 0 spiro atoms. The van der Waals surface area contributed by atoms with Gasteiger partial charge in [-0.2, -0.15) is 0 Å². The topological polar surface area (TPSA) is 172 Å². The first-order chi connectivity index (χ1) is 20.0. The molecule has 42 heavy (non-hydrogen) atoms. The summed E-state index contributed by atoms with van der Waals surface area (Å²) in [6, 6.07) is 13.8. The van der Waals surface area contributed by atoms with Gasteiger partial charge < -0.3 is 25.8 Å². The highest BCUT2D eigenvalue weighted by atomic mass is 31.2. The van der Waals surface area contributed by atoms with Crippen LogP contribution in [0.15, 0.2) is 54.6 Å². The van der Waals surface area contributed by atoms with Crippen molar-refractivity contribution in [3.05, 3.63) is 70.3 Å². The van der Waals surface area contributed by atoms with Gasteiger partial charge in [-0.25, -0.2) is 4.67 Å². The lowest BCUT2D eigenvalue weighted by Gasteiger charge is -2.33. The van der Waals surface area contributed by atoms with Crippen LogP contribution in [0.5, 0.6) is 0 Å². The Morgan fingerprint density at radius 1 is 1.12 bits per heavy atom. The van der Waals surface area contributed by atoms with E-state index in [1.165, 1.54) is 26.0 Å². The minimum atomic E-state index is -3.63. The van der Waals surface area contributed by atoms with E-state index in [0.29, 0.717) is 38.0 Å². The summed E-state index contributed by atoms with van der Waals surface area (Å²) in [4.78, 5) is 47.9. The molecule has 1 aliphatic rings. The first-order valence-electron chi connectivity index (χ1n) is 13.9. The first-order valence-corrected chi connectivity index (χ1v) is 15.7. The minimum absolute atomic E-state index is 0.0181. The lowest BCUT2D eigenvalue weighted by molar-refractivity contribution is -0.384. The second-order valence-electron chi connectivity index (χ2n) is 10.1. The quantitative estimate of drug-likeness (QED) is 0.136. The van der Waals surface area contributed by atoms with E-state index in [9.17, 15) is 29.1 Å². The van der Waals surface area contributed by atoms with Crippen molar-refractivity contribution in [3.63, 3.8) is 0 Å². The van der Waals surface area contributed by atoms with Gasteiger partial charge in [0.25, 0.3) is 13.2 Å². The van der Waals surface area contributed by atoms with Gasteiger partial charge in [-0.15, -0.1) is 0 Å². The number of carbonyl (C=O) groups excluding carboxylic acids is 3. The van der Waals surface area contributed by atoms with Gasteiger partial charge in [0.2, 0.25) is 17.7 Å². The third kappa shape index (κ3) is 9.37. The molecule has 1 saturated heterocycles. The van der Waals surface area contributed by atoms with Crippen molar-refractivity contribution in [2.75, 3.05) is 31.3 Å². The Bertz CT molecular complexity index is 1280. The predicted octanol–water partition coefficient (Wildman–Crippen LogP) is 3.03. The van der Waals surface area contributed by atoms with Crippen molar-refractivity contribution >= 4 is 36.6 Å². The number of nitrogens with zero attached hydrogens (tertiary/aromatic N) is 2. The largest absolute Gasteiger partial charge is 0.383 e. The van der Waals surface area contributed by atoms with E-state index in [-0.39, 0.29) is 36.4 Å². The number of non-ortho nitro benzene ring substituents is 1. The van der Waals surface area contributed by atoms with Crippen LogP contribution in [0.25, 0.3) is 0 Å². The lowest BCUT2D eigenvalue weighted by Crippen LogP contribution is -2.50. The van der Waals surface area contributed by atoms with Crippen molar-refractivity contribution in [2.24, 2.45) is 0 Å². The van der Waals surface area contributed by atoms with Gasteiger partial charge in [-0.05, 0) is 50.8 Å². The third-order valence-corrected chi connectivity index (χ3v) is 9.30. The van der Waals surface area contributed by atoms with Gasteiger partial charge in [0.1, 0.15) is 12.3 Å². The summed E-state index contributed by atoms with van der Waals surface area (Å²) in [7, 11) is -3.63. The molecule has 2 aromatic carbocycles. The molecule has 1 aliphatic heterocycles. The van der Waals surface area contributed by atoms with Crippen LogP contribution in [0.3, 0.4) is 0 Å². The molecule has 1 fully saturated rings. The molecule has 4 atom stereocenters. The number of amides is 3. The van der Waals surface area contributed by atoms with Crippen molar-refractivity contribution in [2.45, 2.75) is 58.2 Å². The van der Waals surface area contributed by atoms with Crippen molar-refractivity contribution in [1.29, 1.82) is 0 Å². The Kier molecular flexibility index (Phi) is 12.0. The van der Waals surface area contributed by atoms with Crippen molar-refractivity contribution < 1.29 is 28.4 Å². The summed E-state index contributed by atoms with van der Waals surface area (Å²) in [5, 5.41) is 22.4. The van der Waals surface area contributed by atoms with Gasteiger partial charge in [-0.3, -0.25) is 29.1 Å². The van der Waals surface area contributed by atoms with E-state index >= 15 is 0 Å². The van der Waals surface area contributed by atoms with Crippen LogP contribution < -0.4 is 21.3 Å². The molecule has 14 heteroatoms. The number of benzene rings is 2. The molecule has 13 nitrogen and oxygen atoms in total. The molecular weight excluding hydrogens is 563 g/mol. The second-order valence-corrected chi connectivity index (χ2v) is 12.4. The minimum Gasteiger partial charge on any atom is -0.383 e. The average Bonchev–Trinajstić information content (AvgIpc) is 3.46. The van der Waals surface area contributed by atoms with Crippen molar-refractivity contribution in [3.8, 4) is 0 Å². The van der Waals surface area contributed by atoms with Gasteiger partial charge in [0, 0.05) is 37.8 Å². The SMILES string of the molecule is CCOP(=O)(CNC(=O)[C@H](C)NC(C)=O)N1CCCC1C(=O)N[C@H](CNc1ccc([N+](=O)[O-])cc1)Cc1ccccc1. The van der Waals surface area contributed by atoms with Gasteiger partial charge >= 0.3 is 0 Å². The number of nitro groups is 1. The molecule has 3 rings (SSSR count). The van der Waals surface area contributed by atoms with E-state index in [2.05, 4.69) is 21.3 Å². The van der Waals surface area contributed by atoms with Crippen LogP contribution in [-0.4, -0.2) is 71.4 Å². The number of nitro benzene ring substituents is 1. The average molecular weight is 603 g/mol. The number of anilines is 1. The maximum atomic E-state index is 14.0. The molecule has 1 heterocycles. The molecule has 0 bridgehead atoms. The summed E-state index contributed by atoms with van der Waals surface area (Å²) >= 11 is 0. The predicted molar refractivity (Wildman–Crippen MR) is 159 cm³/mol. The number of nitrogens with one attached hydrogen (secondary N) is 4. The van der Waals surface area contributed by atoms with E-state index in [1.807, 2.05) is 30.3 Å². The number of hydrogen-bond acceptors (Lipinski definition) is 8. The molecule has 0 aromatic heterocycles. The van der Waals surface area contributed by atoms with Crippen LogP contribution in [0, 0.1) is 10.1 Å². The highest BCUT2D eigenvalue weighted by Gasteiger charge is 2.43. The van der Waals surface area contributed by atoms with Crippen LogP contribution in [0.4, 0.5) is 11.4 Å². The molecule has 228 valence electrons. The Morgan fingerprint density at radius 2 is 1.81 bits per heavy atom. The van der Waals surface area contributed by atoms with Crippen LogP contribution in [0.1, 0.15) is 39.2 Å². The zero-order valence-electron chi connectivity index (χ0n) is 24.1. The number of rotatable bonds is 15. The molecule has 3 amide bonds. The molecule has 2 aromatic rings. The third-order valence-electron chi connectivity index (χ3n) is 6.82. The van der Waals surface area contributed by atoms with Gasteiger partial charge in [-0.1, -0.05) is 30.3 Å². The molecule has 2 unspecified atom stereocenters. The summed E-state index contributed by atoms with van der Waals surface area (Å²) in [5.74, 6) is -1.18. The summed E-state index contributed by atoms with van der Waals surface area (Å²) in [6.07, 6.45) is 1.30. The fourth-order valence-electron chi connectivity index (χ4n) is 4.81. The molecule has 0 saturated carbocycles. The number of carbonyl (C=O) groups is 3. The lowest BCUT2D eigenvalue weighted by atomic mass is 10.0. The maximum absolute atomic E-state index is 14.0. The van der Waals surface area contributed by atoms with E-state index in [0.717, 1.165) is 5.56 Å². The smallest absolute Gasteiger partial charge is 0.291 e. The van der Waals surface area contributed by atoms with E-state index in [1.54, 1.807) is 23.7 Å². The summed E-state index contributed by atoms with van der Waals surface area (Å²) < 4.78 is 21.2. The van der Waals surface area contributed by atoms with Crippen LogP contribution >= 0.6 is 7.52 Å². The summed E-state index contributed by atoms with van der Waals surface area (Å²) in [5.41, 5.74) is 1.66. The number of hydrogen-bond donors (Lipinski definition) is 4. The first kappa shape index (κ1) is 32.7. The summed E-state index contributed by atoms with van der Waals surface area (Å²) in [6.45, 7) is 5.33. The molecule has 4 N–H and O–H groups in total. The van der Waals surface area contributed by atoms with Gasteiger partial charge in [0.05, 0.1) is 23.6 Å². The molecule has 0 aliphatic carbocycles. The Balaban J connectivity index is 1.72. The Labute approximate surface area is 245 Å². The monoisotopic (exact) mass is 602 g/mol. The van der Waals surface area contributed by atoms with Crippen LogP contribution in [-0.2, 0) is 29.9 Å². The zero-order chi connectivity index (χ0) is 30.7. The maximum Gasteiger partial charge on any atom is 0.291 e. The highest BCUT2D eigenvalue weighted by molar-refractivity contribution is 7.56. The highest BCUT2D eigenvalue weighted by Crippen LogP contribution is 2.53. The normalized spacial score (nSPS) is 17.8. The Hall–Kier alpha value is -3.80. The van der Waals surface area contributed by atoms with E-state index < -0.39 is 30.4 Å². The van der Waals surface area contributed by atoms with Crippen molar-refractivity contribution in [1.82, 2.24) is 20.6 Å². The Morgan fingerprint density at radius 3 is 2.43 bits per heavy atom. The second kappa shape index (κ2) is 15.4. The fraction of sp³-hybridized carbons (Fsp3) is 0.464. The standard InChI is InChI=1S/C28H39N6O7P/c1-4-41-42(40,19-30-27(36)20(2)31-21(3)35)33-16-8-11-26(33)28(37)32-24(17-22-9-6-5-7-10-22)18-29-23-12-14-25(15-13-23)34(38)39/h5-7,9-10,12-15,20,24,26,29H,4,8,11,16-19H2,1-3H3,(H,30,36)(H,31,35)(H,32,37)/t20-,24-,26?,42?/m0/s1. The molecular formula is C28H39N6O7P. The van der Waals surface area contributed by atoms with Gasteiger partial charge in [0.15, 0.2) is 0 Å². The fourth-order valence-corrected chi connectivity index (χ4v) is 7.08.